The number of carbonyl (C=O) groups is 1. The fraction of sp³-hybridized carbons (Fsp3) is 0.938. The molecule has 130 valence electrons. The molecule has 0 aromatic rings. The van der Waals surface area contributed by atoms with Crippen molar-refractivity contribution in [3.8, 4) is 0 Å². The molecule has 22 heavy (non-hydrogen) atoms. The lowest BCUT2D eigenvalue weighted by Crippen LogP contribution is -2.47. The third kappa shape index (κ3) is 8.01. The first-order valence-electron chi connectivity index (χ1n) is 8.31. The van der Waals surface area contributed by atoms with Crippen LogP contribution in [0.4, 0.5) is 4.79 Å². The van der Waals surface area contributed by atoms with E-state index in [4.69, 9.17) is 0 Å². The van der Waals surface area contributed by atoms with Gasteiger partial charge < -0.3 is 10.6 Å². The Hall–Kier alpha value is -0.780. The van der Waals surface area contributed by atoms with E-state index >= 15 is 0 Å². The third-order valence-electron chi connectivity index (χ3n) is 4.59. The molecule has 0 radical (unpaired) electrons. The molecule has 1 saturated carbocycles. The van der Waals surface area contributed by atoms with Crippen LogP contribution in [-0.4, -0.2) is 39.0 Å². The topological polar surface area (TPSA) is 75.3 Å². The van der Waals surface area contributed by atoms with E-state index in [-0.39, 0.29) is 23.2 Å². The Morgan fingerprint density at radius 2 is 1.82 bits per heavy atom. The highest BCUT2D eigenvalue weighted by atomic mass is 32.2. The molecule has 0 aliphatic heterocycles. The molecule has 1 atom stereocenters. The highest BCUT2D eigenvalue weighted by molar-refractivity contribution is 7.90. The first-order chi connectivity index (χ1) is 10.1. The molecule has 1 unspecified atom stereocenters. The highest BCUT2D eigenvalue weighted by Crippen LogP contribution is 2.26. The lowest BCUT2D eigenvalue weighted by atomic mass is 9.84. The SMILES string of the molecule is CC(NC(=O)NCC(C)(C)CCS(C)(=O)=O)C1CCCCC1. The second-order valence-corrected chi connectivity index (χ2v) is 9.82. The first-order valence-corrected chi connectivity index (χ1v) is 10.4. The lowest BCUT2D eigenvalue weighted by Gasteiger charge is -2.29. The molecule has 1 aliphatic rings. The first kappa shape index (κ1) is 19.3. The van der Waals surface area contributed by atoms with Crippen LogP contribution in [-0.2, 0) is 9.84 Å². The van der Waals surface area contributed by atoms with E-state index in [1.807, 2.05) is 13.8 Å². The van der Waals surface area contributed by atoms with Crippen LogP contribution in [0.5, 0.6) is 0 Å². The van der Waals surface area contributed by atoms with Crippen LogP contribution in [0.25, 0.3) is 0 Å². The van der Waals surface area contributed by atoms with Crippen LogP contribution in [0.2, 0.25) is 0 Å². The molecule has 1 aliphatic carbocycles. The highest BCUT2D eigenvalue weighted by Gasteiger charge is 2.23. The van der Waals surface area contributed by atoms with Crippen LogP contribution in [0.3, 0.4) is 0 Å². The second kappa shape index (κ2) is 8.18. The second-order valence-electron chi connectivity index (χ2n) is 7.56. The van der Waals surface area contributed by atoms with Crippen molar-refractivity contribution in [3.63, 3.8) is 0 Å². The quantitative estimate of drug-likeness (QED) is 0.752. The van der Waals surface area contributed by atoms with Gasteiger partial charge >= 0.3 is 6.03 Å². The Morgan fingerprint density at radius 3 is 2.36 bits per heavy atom. The summed E-state index contributed by atoms with van der Waals surface area (Å²) >= 11 is 0. The zero-order valence-electron chi connectivity index (χ0n) is 14.4. The van der Waals surface area contributed by atoms with Gasteiger partial charge in [0.05, 0.1) is 5.75 Å². The number of urea groups is 1. The van der Waals surface area contributed by atoms with Crippen LogP contribution >= 0.6 is 0 Å². The maximum absolute atomic E-state index is 12.0. The van der Waals surface area contributed by atoms with Gasteiger partial charge in [-0.1, -0.05) is 33.1 Å². The van der Waals surface area contributed by atoms with Crippen molar-refractivity contribution in [2.24, 2.45) is 11.3 Å². The summed E-state index contributed by atoms with van der Waals surface area (Å²) in [6, 6.07) is 0.0462. The van der Waals surface area contributed by atoms with E-state index in [2.05, 4.69) is 17.6 Å². The van der Waals surface area contributed by atoms with Gasteiger partial charge in [-0.15, -0.1) is 0 Å². The van der Waals surface area contributed by atoms with Crippen LogP contribution in [0, 0.1) is 11.3 Å². The summed E-state index contributed by atoms with van der Waals surface area (Å²) < 4.78 is 22.5. The van der Waals surface area contributed by atoms with E-state index in [0.717, 1.165) is 0 Å². The van der Waals surface area contributed by atoms with E-state index in [0.29, 0.717) is 18.9 Å². The number of carbonyl (C=O) groups excluding carboxylic acids is 1. The van der Waals surface area contributed by atoms with Gasteiger partial charge in [0, 0.05) is 18.8 Å². The van der Waals surface area contributed by atoms with Crippen LogP contribution in [0.15, 0.2) is 0 Å². The number of hydrogen-bond acceptors (Lipinski definition) is 3. The molecule has 1 fully saturated rings. The van der Waals surface area contributed by atoms with Crippen LogP contribution in [0.1, 0.15) is 59.3 Å². The molecule has 0 aromatic carbocycles. The van der Waals surface area contributed by atoms with Gasteiger partial charge in [0.2, 0.25) is 0 Å². The number of hydrogen-bond donors (Lipinski definition) is 2. The molecule has 0 bridgehead atoms. The summed E-state index contributed by atoms with van der Waals surface area (Å²) in [7, 11) is -2.96. The van der Waals surface area contributed by atoms with Crippen molar-refractivity contribution in [2.45, 2.75) is 65.3 Å². The Bertz CT molecular complexity index is 454. The maximum atomic E-state index is 12.0. The Kier molecular flexibility index (Phi) is 7.16. The molecule has 0 spiro atoms. The standard InChI is InChI=1S/C16H32N2O3S/c1-13(14-8-6-5-7-9-14)18-15(19)17-12-16(2,3)10-11-22(4,20)21/h13-14H,5-12H2,1-4H3,(H2,17,18,19). The average molecular weight is 333 g/mol. The fourth-order valence-electron chi connectivity index (χ4n) is 2.88. The summed E-state index contributed by atoms with van der Waals surface area (Å²) in [5.74, 6) is 0.736. The monoisotopic (exact) mass is 332 g/mol. The fourth-order valence-corrected chi connectivity index (χ4v) is 3.80. The molecule has 2 amide bonds. The lowest BCUT2D eigenvalue weighted by molar-refractivity contribution is 0.218. The molecule has 2 N–H and O–H groups in total. The van der Waals surface area contributed by atoms with Crippen molar-refractivity contribution >= 4 is 15.9 Å². The van der Waals surface area contributed by atoms with Crippen molar-refractivity contribution in [3.05, 3.63) is 0 Å². The minimum absolute atomic E-state index is 0.148. The summed E-state index contributed by atoms with van der Waals surface area (Å²) in [4.78, 5) is 12.0. The van der Waals surface area contributed by atoms with Gasteiger partial charge in [0.15, 0.2) is 0 Å². The molecule has 0 heterocycles. The molecule has 1 rings (SSSR count). The van der Waals surface area contributed by atoms with E-state index in [9.17, 15) is 13.2 Å². The Labute approximate surface area is 135 Å². The van der Waals surface area contributed by atoms with Crippen molar-refractivity contribution in [1.29, 1.82) is 0 Å². The molecule has 6 heteroatoms. The van der Waals surface area contributed by atoms with Crippen molar-refractivity contribution < 1.29 is 13.2 Å². The van der Waals surface area contributed by atoms with Crippen molar-refractivity contribution in [2.75, 3.05) is 18.6 Å². The van der Waals surface area contributed by atoms with Crippen molar-refractivity contribution in [1.82, 2.24) is 10.6 Å². The zero-order valence-corrected chi connectivity index (χ0v) is 15.3. The normalized spacial score (nSPS) is 18.7. The number of nitrogens with one attached hydrogen (secondary N) is 2. The number of sulfone groups is 1. The minimum Gasteiger partial charge on any atom is -0.338 e. The summed E-state index contributed by atoms with van der Waals surface area (Å²) in [5, 5.41) is 5.91. The van der Waals surface area contributed by atoms with Gasteiger partial charge in [-0.05, 0) is 37.5 Å². The van der Waals surface area contributed by atoms with Gasteiger partial charge in [0.25, 0.3) is 0 Å². The maximum Gasteiger partial charge on any atom is 0.315 e. The molecule has 5 nitrogen and oxygen atoms in total. The zero-order chi connectivity index (χ0) is 16.8. The van der Waals surface area contributed by atoms with Gasteiger partial charge in [-0.3, -0.25) is 0 Å². The third-order valence-corrected chi connectivity index (χ3v) is 5.54. The molecular weight excluding hydrogens is 300 g/mol. The largest absolute Gasteiger partial charge is 0.338 e. The van der Waals surface area contributed by atoms with Gasteiger partial charge in [-0.25, -0.2) is 13.2 Å². The molecule has 0 aromatic heterocycles. The molecule has 0 saturated heterocycles. The number of rotatable bonds is 7. The minimum atomic E-state index is -2.96. The van der Waals surface area contributed by atoms with Crippen LogP contribution < -0.4 is 10.6 Å². The van der Waals surface area contributed by atoms with E-state index in [1.165, 1.54) is 38.4 Å². The summed E-state index contributed by atoms with van der Waals surface area (Å²) in [6.45, 7) is 6.50. The Morgan fingerprint density at radius 1 is 1.23 bits per heavy atom. The summed E-state index contributed by atoms with van der Waals surface area (Å²) in [5.41, 5.74) is -0.228. The number of amides is 2. The Balaban J connectivity index is 2.31. The molecular formula is C16H32N2O3S. The van der Waals surface area contributed by atoms with E-state index in [1.54, 1.807) is 0 Å². The van der Waals surface area contributed by atoms with E-state index < -0.39 is 9.84 Å². The van der Waals surface area contributed by atoms with Gasteiger partial charge in [0.1, 0.15) is 9.84 Å². The predicted octanol–water partition coefficient (Wildman–Crippen LogP) is 2.72. The predicted molar refractivity (Wildman–Crippen MR) is 90.7 cm³/mol. The van der Waals surface area contributed by atoms with Gasteiger partial charge in [-0.2, -0.15) is 0 Å². The smallest absolute Gasteiger partial charge is 0.315 e. The average Bonchev–Trinajstić information content (AvgIpc) is 2.44. The summed E-state index contributed by atoms with van der Waals surface area (Å²) in [6.07, 6.45) is 8.01.